The fourth-order valence-corrected chi connectivity index (χ4v) is 2.48. The number of hydrogen-bond acceptors (Lipinski definition) is 2. The average molecular weight is 283 g/mol. The summed E-state index contributed by atoms with van der Waals surface area (Å²) >= 11 is 11.3. The predicted octanol–water partition coefficient (Wildman–Crippen LogP) is 3.60. The fraction of sp³-hybridized carbons (Fsp3) is 0.500. The van der Waals surface area contributed by atoms with Crippen molar-refractivity contribution in [1.29, 1.82) is 0 Å². The number of anilines is 1. The first-order valence-corrected chi connectivity index (χ1v) is 7.13. The van der Waals surface area contributed by atoms with Crippen molar-refractivity contribution >= 4 is 34.5 Å². The molecule has 0 radical (unpaired) electrons. The minimum Gasteiger partial charge on any atom is -0.389 e. The molecule has 2 N–H and O–H groups in total. The second-order valence-electron chi connectivity index (χ2n) is 5.22. The van der Waals surface area contributed by atoms with Gasteiger partial charge in [0.05, 0.1) is 10.7 Å². The number of benzene rings is 1. The fourth-order valence-electron chi connectivity index (χ4n) is 2.06. The smallest absolute Gasteiger partial charge is 0.104 e. The number of nitrogens with zero attached hydrogens (tertiary/aromatic N) is 1. The second-order valence-corrected chi connectivity index (χ2v) is 6.07. The van der Waals surface area contributed by atoms with Crippen LogP contribution >= 0.6 is 23.8 Å². The normalized spacial score (nSPS) is 14.9. The zero-order valence-corrected chi connectivity index (χ0v) is 12.4. The topological polar surface area (TPSA) is 29.3 Å². The van der Waals surface area contributed by atoms with Crippen LogP contribution in [0.5, 0.6) is 0 Å². The lowest BCUT2D eigenvalue weighted by Crippen LogP contribution is -2.33. The molecule has 18 heavy (non-hydrogen) atoms. The summed E-state index contributed by atoms with van der Waals surface area (Å²) in [6.45, 7) is 5.48. The Labute approximate surface area is 119 Å². The molecule has 4 heteroatoms. The Morgan fingerprint density at radius 1 is 1.50 bits per heavy atom. The Balaban J connectivity index is 2.26. The van der Waals surface area contributed by atoms with Crippen molar-refractivity contribution in [1.82, 2.24) is 0 Å². The van der Waals surface area contributed by atoms with E-state index in [2.05, 4.69) is 18.7 Å². The van der Waals surface area contributed by atoms with E-state index in [9.17, 15) is 0 Å². The Morgan fingerprint density at radius 3 is 2.61 bits per heavy atom. The molecule has 1 aliphatic rings. The van der Waals surface area contributed by atoms with Gasteiger partial charge in [-0.3, -0.25) is 0 Å². The lowest BCUT2D eigenvalue weighted by atomic mass is 10.1. The number of thiocarbonyl (C=S) groups is 1. The van der Waals surface area contributed by atoms with Crippen molar-refractivity contribution in [3.05, 3.63) is 28.8 Å². The van der Waals surface area contributed by atoms with Crippen LogP contribution in [0.2, 0.25) is 5.02 Å². The molecule has 0 heterocycles. The third-order valence-electron chi connectivity index (χ3n) is 3.32. The van der Waals surface area contributed by atoms with Crippen molar-refractivity contribution in [3.8, 4) is 0 Å². The van der Waals surface area contributed by atoms with Crippen LogP contribution in [0.1, 0.15) is 32.3 Å². The van der Waals surface area contributed by atoms with Crippen LogP contribution in [0, 0.1) is 5.92 Å². The molecule has 0 atom stereocenters. The largest absolute Gasteiger partial charge is 0.389 e. The van der Waals surface area contributed by atoms with Gasteiger partial charge in [-0.1, -0.05) is 23.8 Å². The molecule has 0 spiro atoms. The molecule has 2 nitrogen and oxygen atoms in total. The molecule has 1 aromatic carbocycles. The Morgan fingerprint density at radius 2 is 2.17 bits per heavy atom. The van der Waals surface area contributed by atoms with Gasteiger partial charge in [-0.05, 0) is 50.8 Å². The summed E-state index contributed by atoms with van der Waals surface area (Å²) < 4.78 is 0. The molecule has 2 rings (SSSR count). The minimum atomic E-state index is 0.390. The van der Waals surface area contributed by atoms with Crippen LogP contribution in [0.4, 0.5) is 5.69 Å². The monoisotopic (exact) mass is 282 g/mol. The predicted molar refractivity (Wildman–Crippen MR) is 82.5 cm³/mol. The third kappa shape index (κ3) is 3.15. The highest BCUT2D eigenvalue weighted by Crippen LogP contribution is 2.35. The molecule has 0 amide bonds. The van der Waals surface area contributed by atoms with Gasteiger partial charge in [0, 0.05) is 18.2 Å². The summed E-state index contributed by atoms with van der Waals surface area (Å²) in [6.07, 6.45) is 2.68. The molecular formula is C14H19ClN2S. The Kier molecular flexibility index (Phi) is 4.13. The van der Waals surface area contributed by atoms with Gasteiger partial charge in [-0.25, -0.2) is 0 Å². The van der Waals surface area contributed by atoms with E-state index in [4.69, 9.17) is 29.6 Å². The van der Waals surface area contributed by atoms with Gasteiger partial charge >= 0.3 is 0 Å². The molecule has 1 aliphatic carbocycles. The van der Waals surface area contributed by atoms with Gasteiger partial charge in [0.25, 0.3) is 0 Å². The van der Waals surface area contributed by atoms with Crippen molar-refractivity contribution in [3.63, 3.8) is 0 Å². The van der Waals surface area contributed by atoms with Gasteiger partial charge in [-0.15, -0.1) is 0 Å². The summed E-state index contributed by atoms with van der Waals surface area (Å²) in [5, 5.41) is 0.731. The van der Waals surface area contributed by atoms with Gasteiger partial charge in [-0.2, -0.15) is 0 Å². The maximum Gasteiger partial charge on any atom is 0.104 e. The van der Waals surface area contributed by atoms with Gasteiger partial charge < -0.3 is 10.6 Å². The van der Waals surface area contributed by atoms with Crippen molar-refractivity contribution in [2.75, 3.05) is 11.4 Å². The van der Waals surface area contributed by atoms with Gasteiger partial charge in [0.1, 0.15) is 4.99 Å². The average Bonchev–Trinajstić information content (AvgIpc) is 3.09. The van der Waals surface area contributed by atoms with E-state index >= 15 is 0 Å². The molecule has 0 aromatic heterocycles. The van der Waals surface area contributed by atoms with Crippen LogP contribution in [0.15, 0.2) is 18.2 Å². The maximum absolute atomic E-state index is 6.36. The van der Waals surface area contributed by atoms with Gasteiger partial charge in [0.2, 0.25) is 0 Å². The van der Waals surface area contributed by atoms with Crippen molar-refractivity contribution in [2.24, 2.45) is 11.7 Å². The van der Waals surface area contributed by atoms with Crippen LogP contribution in [0.25, 0.3) is 0 Å². The summed E-state index contributed by atoms with van der Waals surface area (Å²) in [7, 11) is 0. The second kappa shape index (κ2) is 5.45. The van der Waals surface area contributed by atoms with Gasteiger partial charge in [0.15, 0.2) is 0 Å². The number of hydrogen-bond donors (Lipinski definition) is 1. The van der Waals surface area contributed by atoms with E-state index in [0.717, 1.165) is 28.7 Å². The van der Waals surface area contributed by atoms with Crippen LogP contribution in [0.3, 0.4) is 0 Å². The quantitative estimate of drug-likeness (QED) is 0.837. The summed E-state index contributed by atoms with van der Waals surface area (Å²) in [4.78, 5) is 2.75. The van der Waals surface area contributed by atoms with Crippen LogP contribution in [-0.4, -0.2) is 17.6 Å². The SMILES string of the molecule is CC(C)N(CC1CC1)c1ccc(C(N)=S)cc1Cl. The third-order valence-corrected chi connectivity index (χ3v) is 3.86. The standard InChI is InChI=1S/C14H19ClN2S/c1-9(2)17(8-10-3-4-10)13-6-5-11(14(16)18)7-12(13)15/h5-7,9-10H,3-4,8H2,1-2H3,(H2,16,18). The molecule has 98 valence electrons. The van der Waals surface area contributed by atoms with Crippen LogP contribution < -0.4 is 10.6 Å². The lowest BCUT2D eigenvalue weighted by molar-refractivity contribution is 0.645. The van der Waals surface area contributed by atoms with Crippen molar-refractivity contribution < 1.29 is 0 Å². The molecule has 1 aromatic rings. The molecule has 0 aliphatic heterocycles. The highest BCUT2D eigenvalue weighted by Gasteiger charge is 2.26. The highest BCUT2D eigenvalue weighted by molar-refractivity contribution is 7.80. The highest BCUT2D eigenvalue weighted by atomic mass is 35.5. The summed E-state index contributed by atoms with van der Waals surface area (Å²) in [5.74, 6) is 0.832. The first-order valence-electron chi connectivity index (χ1n) is 6.35. The maximum atomic E-state index is 6.36. The molecule has 0 bridgehead atoms. The zero-order valence-electron chi connectivity index (χ0n) is 10.8. The number of rotatable bonds is 5. The minimum absolute atomic E-state index is 0.390. The first kappa shape index (κ1) is 13.6. The van der Waals surface area contributed by atoms with E-state index < -0.39 is 0 Å². The molecule has 0 saturated heterocycles. The van der Waals surface area contributed by atoms with E-state index in [1.807, 2.05) is 18.2 Å². The van der Waals surface area contributed by atoms with E-state index in [1.165, 1.54) is 12.8 Å². The molecule has 1 fully saturated rings. The number of halogens is 1. The number of nitrogens with two attached hydrogens (primary N) is 1. The van der Waals surface area contributed by atoms with Crippen LogP contribution in [-0.2, 0) is 0 Å². The molecule has 0 unspecified atom stereocenters. The Bertz CT molecular complexity index is 455. The van der Waals surface area contributed by atoms with E-state index in [-0.39, 0.29) is 0 Å². The Hall–Kier alpha value is -0.800. The van der Waals surface area contributed by atoms with E-state index in [1.54, 1.807) is 0 Å². The summed E-state index contributed by atoms with van der Waals surface area (Å²) in [6, 6.07) is 6.28. The molecular weight excluding hydrogens is 264 g/mol. The van der Waals surface area contributed by atoms with E-state index in [0.29, 0.717) is 11.0 Å². The van der Waals surface area contributed by atoms with Crippen molar-refractivity contribution in [2.45, 2.75) is 32.7 Å². The summed E-state index contributed by atoms with van der Waals surface area (Å²) in [5.41, 5.74) is 7.53. The first-order chi connectivity index (χ1) is 8.49. The zero-order chi connectivity index (χ0) is 13.3. The molecule has 1 saturated carbocycles. The lowest BCUT2D eigenvalue weighted by Gasteiger charge is -2.30.